The van der Waals surface area contributed by atoms with E-state index < -0.39 is 47.1 Å². The Labute approximate surface area is 153 Å². The Morgan fingerprint density at radius 3 is 2.23 bits per heavy atom. The lowest BCUT2D eigenvalue weighted by Gasteiger charge is -2.41. The highest BCUT2D eigenvalue weighted by molar-refractivity contribution is 6.08. The molecule has 1 aliphatic heterocycles. The molecule has 0 aliphatic carbocycles. The molecule has 0 aromatic carbocycles. The van der Waals surface area contributed by atoms with Crippen molar-refractivity contribution in [3.05, 3.63) is 12.2 Å². The maximum absolute atomic E-state index is 12.9. The van der Waals surface area contributed by atoms with Crippen LogP contribution in [0.2, 0.25) is 0 Å². The number of ether oxygens (including phenoxy) is 3. The maximum atomic E-state index is 12.9. The average Bonchev–Trinajstić information content (AvgIpc) is 2.81. The first-order chi connectivity index (χ1) is 11.9. The SMILES string of the molecule is CCOC(=O)C1([C@@H](OC(C)=O)C(C)C)C=CC(=O)N1C(=O)OC(C)(C)C. The molecule has 1 heterocycles. The average molecular weight is 369 g/mol. The second-order valence-corrected chi connectivity index (χ2v) is 7.31. The molecule has 0 bridgehead atoms. The van der Waals surface area contributed by atoms with Crippen molar-refractivity contribution in [2.45, 2.75) is 65.7 Å². The minimum Gasteiger partial charge on any atom is -0.464 e. The number of rotatable bonds is 5. The Kier molecular flexibility index (Phi) is 6.57. The normalized spacial score (nSPS) is 20.9. The number of hydrogen-bond acceptors (Lipinski definition) is 7. The van der Waals surface area contributed by atoms with Crippen LogP contribution in [0.4, 0.5) is 4.79 Å². The van der Waals surface area contributed by atoms with Gasteiger partial charge in [-0.15, -0.1) is 0 Å². The molecule has 2 amide bonds. The molecule has 0 aromatic heterocycles. The van der Waals surface area contributed by atoms with Crippen LogP contribution in [0.25, 0.3) is 0 Å². The Morgan fingerprint density at radius 2 is 1.81 bits per heavy atom. The van der Waals surface area contributed by atoms with Crippen LogP contribution in [0, 0.1) is 5.92 Å². The molecule has 2 atom stereocenters. The summed E-state index contributed by atoms with van der Waals surface area (Å²) in [6.45, 7) is 11.1. The Morgan fingerprint density at radius 1 is 1.23 bits per heavy atom. The van der Waals surface area contributed by atoms with Gasteiger partial charge in [-0.3, -0.25) is 9.59 Å². The summed E-state index contributed by atoms with van der Waals surface area (Å²) in [5, 5.41) is 0. The molecule has 8 heteroatoms. The fourth-order valence-electron chi connectivity index (χ4n) is 2.74. The summed E-state index contributed by atoms with van der Waals surface area (Å²) in [6, 6.07) is 0. The van der Waals surface area contributed by atoms with Gasteiger partial charge in [-0.2, -0.15) is 0 Å². The molecule has 0 radical (unpaired) electrons. The number of hydrogen-bond donors (Lipinski definition) is 0. The number of carbonyl (C=O) groups is 4. The van der Waals surface area contributed by atoms with Crippen LogP contribution in [-0.2, 0) is 28.6 Å². The summed E-state index contributed by atoms with van der Waals surface area (Å²) in [5.74, 6) is -2.66. The summed E-state index contributed by atoms with van der Waals surface area (Å²) in [4.78, 5) is 50.3. The molecule has 0 spiro atoms. The number of carbonyl (C=O) groups excluding carboxylic acids is 4. The monoisotopic (exact) mass is 369 g/mol. The Bertz CT molecular complexity index is 618. The van der Waals surface area contributed by atoms with E-state index in [1.165, 1.54) is 13.0 Å². The van der Waals surface area contributed by atoms with Crippen LogP contribution < -0.4 is 0 Å². The summed E-state index contributed by atoms with van der Waals surface area (Å²) in [7, 11) is 0. The van der Waals surface area contributed by atoms with Gasteiger partial charge in [0.25, 0.3) is 5.91 Å². The topological polar surface area (TPSA) is 99.2 Å². The van der Waals surface area contributed by atoms with E-state index in [-0.39, 0.29) is 6.61 Å². The van der Waals surface area contributed by atoms with E-state index in [1.807, 2.05) is 0 Å². The lowest BCUT2D eigenvalue weighted by molar-refractivity contribution is -0.175. The van der Waals surface area contributed by atoms with Crippen molar-refractivity contribution >= 4 is 23.9 Å². The third kappa shape index (κ3) is 4.42. The molecule has 1 unspecified atom stereocenters. The molecule has 0 saturated carbocycles. The fraction of sp³-hybridized carbons (Fsp3) is 0.667. The van der Waals surface area contributed by atoms with Crippen molar-refractivity contribution < 1.29 is 33.4 Å². The fourth-order valence-corrected chi connectivity index (χ4v) is 2.74. The zero-order chi connectivity index (χ0) is 20.3. The minimum absolute atomic E-state index is 0.0235. The molecule has 1 aliphatic rings. The van der Waals surface area contributed by atoms with Gasteiger partial charge in [0.05, 0.1) is 6.61 Å². The summed E-state index contributed by atoms with van der Waals surface area (Å²) in [5.41, 5.74) is -2.82. The van der Waals surface area contributed by atoms with Crippen molar-refractivity contribution in [2.24, 2.45) is 5.92 Å². The molecule has 0 saturated heterocycles. The van der Waals surface area contributed by atoms with E-state index in [9.17, 15) is 19.2 Å². The highest BCUT2D eigenvalue weighted by Gasteiger charge is 2.60. The molecular weight excluding hydrogens is 342 g/mol. The highest BCUT2D eigenvalue weighted by Crippen LogP contribution is 2.36. The number of amides is 2. The van der Waals surface area contributed by atoms with Crippen LogP contribution in [0.3, 0.4) is 0 Å². The maximum Gasteiger partial charge on any atom is 0.418 e. The van der Waals surface area contributed by atoms with Crippen molar-refractivity contribution in [3.63, 3.8) is 0 Å². The van der Waals surface area contributed by atoms with Crippen LogP contribution in [0.5, 0.6) is 0 Å². The van der Waals surface area contributed by atoms with E-state index >= 15 is 0 Å². The molecule has 146 valence electrons. The van der Waals surface area contributed by atoms with Crippen LogP contribution in [0.1, 0.15) is 48.5 Å². The van der Waals surface area contributed by atoms with E-state index in [0.717, 1.165) is 6.08 Å². The van der Waals surface area contributed by atoms with Crippen molar-refractivity contribution in [2.75, 3.05) is 6.61 Å². The first-order valence-corrected chi connectivity index (χ1v) is 8.47. The van der Waals surface area contributed by atoms with Crippen molar-refractivity contribution in [1.82, 2.24) is 4.90 Å². The third-order valence-corrected chi connectivity index (χ3v) is 3.58. The molecule has 0 aromatic rings. The van der Waals surface area contributed by atoms with Crippen molar-refractivity contribution in [1.29, 1.82) is 0 Å². The zero-order valence-electron chi connectivity index (χ0n) is 16.3. The van der Waals surface area contributed by atoms with Gasteiger partial charge in [0.15, 0.2) is 0 Å². The van der Waals surface area contributed by atoms with Crippen LogP contribution >= 0.6 is 0 Å². The van der Waals surface area contributed by atoms with Gasteiger partial charge < -0.3 is 14.2 Å². The molecule has 0 N–H and O–H groups in total. The molecule has 26 heavy (non-hydrogen) atoms. The summed E-state index contributed by atoms with van der Waals surface area (Å²) < 4.78 is 15.7. The number of imide groups is 1. The van der Waals surface area contributed by atoms with Gasteiger partial charge >= 0.3 is 18.0 Å². The predicted molar refractivity (Wildman–Crippen MR) is 92.0 cm³/mol. The highest BCUT2D eigenvalue weighted by atomic mass is 16.6. The number of esters is 2. The van der Waals surface area contributed by atoms with Gasteiger partial charge in [0.2, 0.25) is 5.54 Å². The molecule has 1 rings (SSSR count). The van der Waals surface area contributed by atoms with E-state index in [2.05, 4.69) is 0 Å². The summed E-state index contributed by atoms with van der Waals surface area (Å²) >= 11 is 0. The smallest absolute Gasteiger partial charge is 0.418 e. The number of nitrogens with zero attached hydrogens (tertiary/aromatic N) is 1. The van der Waals surface area contributed by atoms with E-state index in [4.69, 9.17) is 14.2 Å². The lowest BCUT2D eigenvalue weighted by atomic mass is 9.84. The minimum atomic E-state index is -1.92. The molecule has 0 fully saturated rings. The second kappa shape index (κ2) is 7.88. The van der Waals surface area contributed by atoms with Gasteiger partial charge in [-0.25, -0.2) is 14.5 Å². The molecule has 8 nitrogen and oxygen atoms in total. The Hall–Kier alpha value is -2.38. The van der Waals surface area contributed by atoms with Gasteiger partial charge in [-0.05, 0) is 39.7 Å². The van der Waals surface area contributed by atoms with E-state index in [0.29, 0.717) is 4.90 Å². The van der Waals surface area contributed by atoms with Gasteiger partial charge in [0.1, 0.15) is 11.7 Å². The quantitative estimate of drug-likeness (QED) is 0.541. The van der Waals surface area contributed by atoms with Crippen molar-refractivity contribution in [3.8, 4) is 0 Å². The summed E-state index contributed by atoms with van der Waals surface area (Å²) in [6.07, 6.45) is 0.178. The first-order valence-electron chi connectivity index (χ1n) is 8.47. The lowest BCUT2D eigenvalue weighted by Crippen LogP contribution is -2.65. The largest absolute Gasteiger partial charge is 0.464 e. The third-order valence-electron chi connectivity index (χ3n) is 3.58. The van der Waals surface area contributed by atoms with Crippen LogP contribution in [-0.4, -0.2) is 52.7 Å². The standard InChI is InChI=1S/C18H27NO7/c1-8-24-15(22)18(14(11(2)3)25-12(4)20)10-9-13(21)19(18)16(23)26-17(5,6)7/h9-11,14H,8H2,1-7H3/t14-,18?/m0/s1. The zero-order valence-corrected chi connectivity index (χ0v) is 16.3. The first kappa shape index (κ1) is 21.7. The van der Waals surface area contributed by atoms with Crippen LogP contribution in [0.15, 0.2) is 12.2 Å². The van der Waals surface area contributed by atoms with E-state index in [1.54, 1.807) is 41.5 Å². The van der Waals surface area contributed by atoms with Gasteiger partial charge in [0, 0.05) is 13.0 Å². The second-order valence-electron chi connectivity index (χ2n) is 7.31. The Balaban J connectivity index is 3.52. The predicted octanol–water partition coefficient (Wildman–Crippen LogP) is 2.21. The van der Waals surface area contributed by atoms with Gasteiger partial charge in [-0.1, -0.05) is 13.8 Å². The molecular formula is C18H27NO7.